The number of nitrogens with one attached hydrogen (secondary N) is 1. The predicted molar refractivity (Wildman–Crippen MR) is 128 cm³/mol. The molecule has 8 nitrogen and oxygen atoms in total. The van der Waals surface area contributed by atoms with Gasteiger partial charge < -0.3 is 15.2 Å². The van der Waals surface area contributed by atoms with E-state index in [1.165, 1.54) is 20.0 Å². The van der Waals surface area contributed by atoms with Crippen LogP contribution in [0.3, 0.4) is 0 Å². The van der Waals surface area contributed by atoms with Crippen LogP contribution in [0.15, 0.2) is 35.1 Å². The first-order valence-electron chi connectivity index (χ1n) is 11.3. The molecule has 2 aromatic carbocycles. The van der Waals surface area contributed by atoms with Gasteiger partial charge in [0.2, 0.25) is 0 Å². The van der Waals surface area contributed by atoms with Crippen molar-refractivity contribution in [3.63, 3.8) is 0 Å². The van der Waals surface area contributed by atoms with E-state index >= 15 is 4.39 Å². The number of hydrogen-bond donors (Lipinski definition) is 2. The van der Waals surface area contributed by atoms with Crippen LogP contribution < -0.4 is 15.7 Å². The normalized spacial score (nSPS) is 12.9. The van der Waals surface area contributed by atoms with Crippen LogP contribution in [0.4, 0.5) is 10.1 Å². The molecule has 1 heterocycles. The summed E-state index contributed by atoms with van der Waals surface area (Å²) < 4.78 is 23.3. The van der Waals surface area contributed by atoms with Crippen molar-refractivity contribution in [2.24, 2.45) is 7.05 Å². The van der Waals surface area contributed by atoms with Crippen molar-refractivity contribution in [3.8, 4) is 11.4 Å². The van der Waals surface area contributed by atoms with Crippen LogP contribution in [0, 0.1) is 19.7 Å². The Morgan fingerprint density at radius 1 is 1.24 bits per heavy atom. The number of ether oxygens (including phenoxy) is 1. The van der Waals surface area contributed by atoms with E-state index in [0.717, 1.165) is 39.3 Å². The molecule has 2 atom stereocenters. The average molecular weight is 471 g/mol. The van der Waals surface area contributed by atoms with Gasteiger partial charge in [0, 0.05) is 18.8 Å². The maximum absolute atomic E-state index is 15.3. The zero-order valence-electron chi connectivity index (χ0n) is 20.3. The molecular weight excluding hydrogens is 439 g/mol. The Balaban J connectivity index is 2.12. The number of para-hydroxylation sites is 1. The molecule has 0 spiro atoms. The molecule has 1 amide bonds. The summed E-state index contributed by atoms with van der Waals surface area (Å²) >= 11 is 0. The molecule has 0 radical (unpaired) electrons. The molecule has 0 aliphatic rings. The summed E-state index contributed by atoms with van der Waals surface area (Å²) in [7, 11) is 1.44. The molecule has 0 fully saturated rings. The summed E-state index contributed by atoms with van der Waals surface area (Å²) in [6.45, 7) is 9.08. The number of hydrogen-bond acceptors (Lipinski definition) is 5. The van der Waals surface area contributed by atoms with E-state index in [2.05, 4.69) is 10.4 Å². The number of anilines is 1. The van der Waals surface area contributed by atoms with Crippen LogP contribution in [-0.2, 0) is 7.05 Å². The Labute approximate surface area is 198 Å². The van der Waals surface area contributed by atoms with Crippen LogP contribution in [0.5, 0.6) is 5.75 Å². The monoisotopic (exact) mass is 470 g/mol. The number of aromatic nitrogens is 3. The summed E-state index contributed by atoms with van der Waals surface area (Å²) in [5, 5.41) is 16.8. The van der Waals surface area contributed by atoms with E-state index in [-0.39, 0.29) is 28.9 Å². The van der Waals surface area contributed by atoms with Gasteiger partial charge in [-0.15, -0.1) is 5.10 Å². The number of benzene rings is 2. The molecule has 0 saturated heterocycles. The zero-order valence-corrected chi connectivity index (χ0v) is 20.3. The van der Waals surface area contributed by atoms with Gasteiger partial charge in [0.05, 0.1) is 11.7 Å². The van der Waals surface area contributed by atoms with Crippen molar-refractivity contribution in [1.82, 2.24) is 14.3 Å². The Morgan fingerprint density at radius 3 is 2.44 bits per heavy atom. The van der Waals surface area contributed by atoms with E-state index in [1.807, 2.05) is 45.9 Å². The van der Waals surface area contributed by atoms with Crippen molar-refractivity contribution in [3.05, 3.63) is 69.1 Å². The van der Waals surface area contributed by atoms with Crippen molar-refractivity contribution >= 4 is 11.6 Å². The summed E-state index contributed by atoms with van der Waals surface area (Å²) in [4.78, 5) is 25.9. The fourth-order valence-corrected chi connectivity index (χ4v) is 3.83. The topological polar surface area (TPSA) is 98.4 Å². The molecule has 0 aliphatic carbocycles. The summed E-state index contributed by atoms with van der Waals surface area (Å²) in [5.74, 6) is -1.13. The van der Waals surface area contributed by atoms with Crippen LogP contribution >= 0.6 is 0 Å². The number of halogens is 1. The molecule has 2 unspecified atom stereocenters. The average Bonchev–Trinajstić information content (AvgIpc) is 3.06. The number of aliphatic hydroxyl groups is 1. The lowest BCUT2D eigenvalue weighted by Crippen LogP contribution is -2.24. The first-order valence-corrected chi connectivity index (χ1v) is 11.3. The number of carbonyl (C=O) groups is 1. The highest BCUT2D eigenvalue weighted by atomic mass is 19.1. The molecule has 9 heteroatoms. The fraction of sp³-hybridized carbons (Fsp3) is 0.400. The zero-order chi connectivity index (χ0) is 25.2. The third-order valence-electron chi connectivity index (χ3n) is 5.65. The summed E-state index contributed by atoms with van der Waals surface area (Å²) in [5.41, 5.74) is 1.60. The predicted octanol–water partition coefficient (Wildman–Crippen LogP) is 4.20. The van der Waals surface area contributed by atoms with Gasteiger partial charge in [-0.2, -0.15) is 4.68 Å². The van der Waals surface area contributed by atoms with Gasteiger partial charge >= 0.3 is 5.69 Å². The largest absolute Gasteiger partial charge is 0.490 e. The molecule has 2 N–H and O–H groups in total. The number of aliphatic hydroxyl groups excluding tert-OH is 1. The molecule has 0 bridgehead atoms. The lowest BCUT2D eigenvalue weighted by Gasteiger charge is -2.19. The molecule has 34 heavy (non-hydrogen) atoms. The number of nitrogens with zero attached hydrogens (tertiary/aromatic N) is 3. The smallest absolute Gasteiger partial charge is 0.350 e. The van der Waals surface area contributed by atoms with Gasteiger partial charge in [0.15, 0.2) is 5.82 Å². The van der Waals surface area contributed by atoms with Gasteiger partial charge in [-0.25, -0.2) is 9.18 Å². The van der Waals surface area contributed by atoms with Gasteiger partial charge in [0.25, 0.3) is 5.91 Å². The van der Waals surface area contributed by atoms with E-state index < -0.39 is 23.5 Å². The summed E-state index contributed by atoms with van der Waals surface area (Å²) in [6, 6.07) is 8.00. The second-order valence-corrected chi connectivity index (χ2v) is 8.53. The Morgan fingerprint density at radius 2 is 1.88 bits per heavy atom. The number of rotatable bonds is 8. The first kappa shape index (κ1) is 25.2. The number of amides is 1. The minimum atomic E-state index is -1.02. The van der Waals surface area contributed by atoms with Crippen LogP contribution in [0.2, 0.25) is 0 Å². The van der Waals surface area contributed by atoms with E-state index in [0.29, 0.717) is 5.69 Å². The lowest BCUT2D eigenvalue weighted by atomic mass is 10.1. The van der Waals surface area contributed by atoms with Crippen molar-refractivity contribution in [2.45, 2.75) is 59.7 Å². The quantitative estimate of drug-likeness (QED) is 0.514. The van der Waals surface area contributed by atoms with Crippen LogP contribution in [0.25, 0.3) is 5.69 Å². The standard InChI is InChI=1S/C25H31FN4O4/c1-7-9-16(4)34-21-13-20(30-25(33)29(6)23(28-30)17(5)31)19(26)12-18(21)24(32)27-22-14(2)10-8-11-15(22)3/h8,10-13,16-17,31H,7,9H2,1-6H3,(H,27,32). The van der Waals surface area contributed by atoms with Crippen molar-refractivity contribution in [1.29, 1.82) is 0 Å². The SMILES string of the molecule is CCCC(C)Oc1cc(-n2nc(C(C)O)n(C)c2=O)c(F)cc1C(=O)Nc1c(C)cccc1C. The molecular formula is C25H31FN4O4. The molecule has 182 valence electrons. The second kappa shape index (κ2) is 10.2. The molecule has 3 rings (SSSR count). The molecule has 0 aliphatic heterocycles. The Bertz CT molecular complexity index is 1240. The van der Waals surface area contributed by atoms with E-state index in [9.17, 15) is 14.7 Å². The minimum absolute atomic E-state index is 0.00610. The third-order valence-corrected chi connectivity index (χ3v) is 5.65. The lowest BCUT2D eigenvalue weighted by molar-refractivity contribution is 0.101. The highest BCUT2D eigenvalue weighted by Crippen LogP contribution is 2.29. The highest BCUT2D eigenvalue weighted by molar-refractivity contribution is 6.07. The maximum atomic E-state index is 15.3. The van der Waals surface area contributed by atoms with Crippen LogP contribution in [0.1, 0.15) is 67.0 Å². The van der Waals surface area contributed by atoms with Crippen molar-refractivity contribution in [2.75, 3.05) is 5.32 Å². The second-order valence-electron chi connectivity index (χ2n) is 8.53. The van der Waals surface area contributed by atoms with E-state index in [4.69, 9.17) is 4.74 Å². The van der Waals surface area contributed by atoms with Gasteiger partial charge in [0.1, 0.15) is 23.4 Å². The van der Waals surface area contributed by atoms with Crippen molar-refractivity contribution < 1.29 is 19.0 Å². The van der Waals surface area contributed by atoms with Crippen LogP contribution in [-0.4, -0.2) is 31.5 Å². The van der Waals surface area contributed by atoms with Gasteiger partial charge in [-0.05, 0) is 51.3 Å². The third kappa shape index (κ3) is 5.04. The van der Waals surface area contributed by atoms with Gasteiger partial charge in [-0.1, -0.05) is 31.5 Å². The minimum Gasteiger partial charge on any atom is -0.490 e. The Kier molecular flexibility index (Phi) is 7.56. The number of aryl methyl sites for hydroxylation is 2. The first-order chi connectivity index (χ1) is 16.0. The highest BCUT2D eigenvalue weighted by Gasteiger charge is 2.24. The molecule has 1 aromatic heterocycles. The maximum Gasteiger partial charge on any atom is 0.350 e. The fourth-order valence-electron chi connectivity index (χ4n) is 3.83. The van der Waals surface area contributed by atoms with E-state index in [1.54, 1.807) is 0 Å². The molecule has 0 saturated carbocycles. The Hall–Kier alpha value is -3.46. The molecule has 3 aromatic rings. The number of carbonyl (C=O) groups excluding carboxylic acids is 1. The van der Waals surface area contributed by atoms with Gasteiger partial charge in [-0.3, -0.25) is 9.36 Å². The summed E-state index contributed by atoms with van der Waals surface area (Å²) in [6.07, 6.45) is 0.310.